The number of para-hydroxylation sites is 1. The molecule has 0 saturated heterocycles. The molecule has 0 radical (unpaired) electrons. The minimum atomic E-state index is -0.500. The molecule has 1 heterocycles. The van der Waals surface area contributed by atoms with Gasteiger partial charge in [-0.3, -0.25) is 9.69 Å². The lowest BCUT2D eigenvalue weighted by molar-refractivity contribution is -0.115. The van der Waals surface area contributed by atoms with Gasteiger partial charge in [0.05, 0.1) is 28.6 Å². The van der Waals surface area contributed by atoms with Crippen LogP contribution in [-0.4, -0.2) is 16.9 Å². The summed E-state index contributed by atoms with van der Waals surface area (Å²) in [7, 11) is 0. The molecule has 134 valence electrons. The van der Waals surface area contributed by atoms with E-state index in [9.17, 15) is 9.59 Å². The topological polar surface area (TPSA) is 83.3 Å². The van der Waals surface area contributed by atoms with E-state index in [1.165, 1.54) is 23.2 Å². The van der Waals surface area contributed by atoms with Crippen molar-refractivity contribution < 1.29 is 14.3 Å². The van der Waals surface area contributed by atoms with E-state index < -0.39 is 5.97 Å². The minimum absolute atomic E-state index is 0.00410. The van der Waals surface area contributed by atoms with Crippen LogP contribution in [-0.2, 0) is 16.1 Å². The molecule has 0 spiro atoms. The molecule has 0 aliphatic rings. The van der Waals surface area contributed by atoms with Crippen LogP contribution >= 0.6 is 11.3 Å². The first-order chi connectivity index (χ1) is 13.1. The Balaban J connectivity index is 1.69. The fourth-order valence-electron chi connectivity index (χ4n) is 2.37. The summed E-state index contributed by atoms with van der Waals surface area (Å²) in [4.78, 5) is 30.1. The van der Waals surface area contributed by atoms with Crippen LogP contribution in [0.4, 0.5) is 10.8 Å². The molecule has 1 amide bonds. The molecule has 1 aromatic heterocycles. The third kappa shape index (κ3) is 4.37. The van der Waals surface area contributed by atoms with Crippen molar-refractivity contribution in [1.82, 2.24) is 4.98 Å². The lowest BCUT2D eigenvalue weighted by Gasteiger charge is -2.17. The average Bonchev–Trinajstić information content (AvgIpc) is 3.15. The molecule has 0 fully saturated rings. The standard InChI is InChI=1S/C20H15N3O3S/c1-14(24)23(18-5-3-2-4-6-18)20-22-17(13-27-20)12-26-19(25)16-9-7-15(11-21)8-10-16/h2-10,13H,12H2,1H3. The molecule has 0 saturated carbocycles. The zero-order valence-corrected chi connectivity index (χ0v) is 15.3. The Morgan fingerprint density at radius 3 is 2.48 bits per heavy atom. The smallest absolute Gasteiger partial charge is 0.338 e. The van der Waals surface area contributed by atoms with E-state index in [0.717, 1.165) is 5.69 Å². The predicted octanol–water partition coefficient (Wildman–Crippen LogP) is 4.06. The van der Waals surface area contributed by atoms with Crippen molar-refractivity contribution in [2.45, 2.75) is 13.5 Å². The van der Waals surface area contributed by atoms with Gasteiger partial charge >= 0.3 is 5.97 Å². The van der Waals surface area contributed by atoms with E-state index in [2.05, 4.69) is 4.98 Å². The highest BCUT2D eigenvalue weighted by atomic mass is 32.1. The number of thiazole rings is 1. The molecular weight excluding hydrogens is 362 g/mol. The number of carbonyl (C=O) groups is 2. The number of benzene rings is 2. The number of hydrogen-bond donors (Lipinski definition) is 0. The molecule has 6 nitrogen and oxygen atoms in total. The Hall–Kier alpha value is -3.50. The van der Waals surface area contributed by atoms with Gasteiger partial charge in [0.15, 0.2) is 5.13 Å². The number of esters is 1. The van der Waals surface area contributed by atoms with E-state index in [1.807, 2.05) is 36.4 Å². The number of anilines is 2. The molecule has 2 aromatic carbocycles. The molecule has 0 bridgehead atoms. The van der Waals surface area contributed by atoms with Gasteiger partial charge in [-0.05, 0) is 36.4 Å². The van der Waals surface area contributed by atoms with E-state index in [1.54, 1.807) is 29.6 Å². The second-order valence-electron chi connectivity index (χ2n) is 5.58. The highest BCUT2D eigenvalue weighted by molar-refractivity contribution is 7.14. The van der Waals surface area contributed by atoms with Gasteiger partial charge in [-0.25, -0.2) is 9.78 Å². The van der Waals surface area contributed by atoms with Crippen molar-refractivity contribution in [3.8, 4) is 6.07 Å². The number of hydrogen-bond acceptors (Lipinski definition) is 6. The normalized spacial score (nSPS) is 10.1. The quantitative estimate of drug-likeness (QED) is 0.626. The predicted molar refractivity (Wildman–Crippen MR) is 102 cm³/mol. The molecular formula is C20H15N3O3S. The van der Waals surface area contributed by atoms with Crippen molar-refractivity contribution in [3.63, 3.8) is 0 Å². The Bertz CT molecular complexity index is 991. The number of aromatic nitrogens is 1. The number of amides is 1. The zero-order valence-electron chi connectivity index (χ0n) is 14.5. The number of nitrogens with zero attached hydrogens (tertiary/aromatic N) is 3. The van der Waals surface area contributed by atoms with Crippen LogP contribution in [0.3, 0.4) is 0 Å². The monoisotopic (exact) mass is 377 g/mol. The summed E-state index contributed by atoms with van der Waals surface area (Å²) in [5, 5.41) is 11.0. The summed E-state index contributed by atoms with van der Waals surface area (Å²) in [6.45, 7) is 1.47. The maximum Gasteiger partial charge on any atom is 0.338 e. The van der Waals surface area contributed by atoms with Gasteiger partial charge in [-0.1, -0.05) is 18.2 Å². The first-order valence-corrected chi connectivity index (χ1v) is 8.94. The fourth-order valence-corrected chi connectivity index (χ4v) is 3.24. The van der Waals surface area contributed by atoms with Gasteiger partial charge in [0.2, 0.25) is 5.91 Å². The van der Waals surface area contributed by atoms with Crippen molar-refractivity contribution in [3.05, 3.63) is 76.8 Å². The Morgan fingerprint density at radius 1 is 1.15 bits per heavy atom. The molecule has 0 unspecified atom stereocenters. The van der Waals surface area contributed by atoms with Crippen LogP contribution in [0.1, 0.15) is 28.5 Å². The van der Waals surface area contributed by atoms with Crippen molar-refractivity contribution in [1.29, 1.82) is 5.26 Å². The van der Waals surface area contributed by atoms with Crippen LogP contribution in [0.2, 0.25) is 0 Å². The van der Waals surface area contributed by atoms with Crippen LogP contribution in [0.5, 0.6) is 0 Å². The van der Waals surface area contributed by atoms with Gasteiger partial charge in [-0.2, -0.15) is 5.26 Å². The van der Waals surface area contributed by atoms with E-state index in [0.29, 0.717) is 22.0 Å². The fraction of sp³-hybridized carbons (Fsp3) is 0.100. The lowest BCUT2D eigenvalue weighted by Crippen LogP contribution is -2.22. The minimum Gasteiger partial charge on any atom is -0.456 e. The third-order valence-electron chi connectivity index (χ3n) is 3.66. The zero-order chi connectivity index (χ0) is 19.2. The summed E-state index contributed by atoms with van der Waals surface area (Å²) in [6, 6.07) is 17.4. The number of ether oxygens (including phenoxy) is 1. The van der Waals surface area contributed by atoms with E-state index >= 15 is 0 Å². The van der Waals surface area contributed by atoms with Gasteiger partial charge in [0.1, 0.15) is 6.61 Å². The second kappa shape index (κ2) is 8.25. The van der Waals surface area contributed by atoms with Gasteiger partial charge in [0.25, 0.3) is 0 Å². The van der Waals surface area contributed by atoms with E-state index in [-0.39, 0.29) is 12.5 Å². The van der Waals surface area contributed by atoms with Crippen molar-refractivity contribution in [2.24, 2.45) is 0 Å². The third-order valence-corrected chi connectivity index (χ3v) is 4.54. The molecule has 0 aliphatic carbocycles. The Kier molecular flexibility index (Phi) is 5.59. The lowest BCUT2D eigenvalue weighted by atomic mass is 10.1. The summed E-state index contributed by atoms with van der Waals surface area (Å²) < 4.78 is 5.27. The van der Waals surface area contributed by atoms with Crippen LogP contribution in [0, 0.1) is 11.3 Å². The van der Waals surface area contributed by atoms with Crippen LogP contribution in [0.15, 0.2) is 60.0 Å². The number of rotatable bonds is 5. The first-order valence-electron chi connectivity index (χ1n) is 8.06. The van der Waals surface area contributed by atoms with E-state index in [4.69, 9.17) is 10.00 Å². The summed E-state index contributed by atoms with van der Waals surface area (Å²) in [6.07, 6.45) is 0. The van der Waals surface area contributed by atoms with Crippen LogP contribution < -0.4 is 4.90 Å². The number of carbonyl (C=O) groups excluding carboxylic acids is 2. The highest BCUT2D eigenvalue weighted by Gasteiger charge is 2.18. The molecule has 27 heavy (non-hydrogen) atoms. The molecule has 3 rings (SSSR count). The average molecular weight is 377 g/mol. The second-order valence-corrected chi connectivity index (χ2v) is 6.41. The number of nitriles is 1. The van der Waals surface area contributed by atoms with Crippen molar-refractivity contribution >= 4 is 34.0 Å². The van der Waals surface area contributed by atoms with Gasteiger partial charge < -0.3 is 4.74 Å². The molecule has 3 aromatic rings. The molecule has 0 aliphatic heterocycles. The first kappa shape index (κ1) is 18.3. The summed E-state index contributed by atoms with van der Waals surface area (Å²) in [5.41, 5.74) is 2.11. The molecule has 7 heteroatoms. The maximum atomic E-state index is 12.1. The van der Waals surface area contributed by atoms with Gasteiger partial charge in [0, 0.05) is 12.3 Å². The molecule has 0 atom stereocenters. The summed E-state index contributed by atoms with van der Waals surface area (Å²) in [5.74, 6) is -0.655. The SMILES string of the molecule is CC(=O)N(c1ccccc1)c1nc(COC(=O)c2ccc(C#N)cc2)cs1. The Morgan fingerprint density at radius 2 is 1.85 bits per heavy atom. The largest absolute Gasteiger partial charge is 0.456 e. The molecule has 0 N–H and O–H groups in total. The van der Waals surface area contributed by atoms with Crippen LogP contribution in [0.25, 0.3) is 0 Å². The Labute approximate surface area is 160 Å². The maximum absolute atomic E-state index is 12.1. The van der Waals surface area contributed by atoms with Crippen molar-refractivity contribution in [2.75, 3.05) is 4.90 Å². The highest BCUT2D eigenvalue weighted by Crippen LogP contribution is 2.28. The summed E-state index contributed by atoms with van der Waals surface area (Å²) >= 11 is 1.30. The van der Waals surface area contributed by atoms with Gasteiger partial charge in [-0.15, -0.1) is 11.3 Å².